The number of likely N-dealkylation sites (tertiary alicyclic amines) is 1. The van der Waals surface area contributed by atoms with Gasteiger partial charge in [0.25, 0.3) is 0 Å². The number of ether oxygens (including phenoxy) is 1. The smallest absolute Gasteiger partial charge is 0.246 e. The summed E-state index contributed by atoms with van der Waals surface area (Å²) in [4.78, 5) is 18.8. The van der Waals surface area contributed by atoms with Crippen molar-refractivity contribution in [2.24, 2.45) is 5.92 Å². The van der Waals surface area contributed by atoms with Crippen LogP contribution in [0.15, 0.2) is 34.1 Å². The molecule has 196 valence electrons. The van der Waals surface area contributed by atoms with Gasteiger partial charge < -0.3 is 19.8 Å². The van der Waals surface area contributed by atoms with Crippen molar-refractivity contribution in [3.63, 3.8) is 0 Å². The molecule has 3 aliphatic carbocycles. The topological polar surface area (TPSA) is 73.2 Å². The molecule has 6 nitrogen and oxygen atoms in total. The Morgan fingerprint density at radius 1 is 1.32 bits per heavy atom. The summed E-state index contributed by atoms with van der Waals surface area (Å²) in [7, 11) is 1.85. The van der Waals surface area contributed by atoms with E-state index in [9.17, 15) is 15.0 Å². The Morgan fingerprint density at radius 2 is 2.14 bits per heavy atom. The predicted octanol–water partition coefficient (Wildman–Crippen LogP) is 4.71. The molecule has 3 heterocycles. The highest BCUT2D eigenvalue weighted by molar-refractivity contribution is 9.10. The van der Waals surface area contributed by atoms with Gasteiger partial charge in [-0.3, -0.25) is 9.69 Å². The summed E-state index contributed by atoms with van der Waals surface area (Å²) in [6, 6.07) is 5.54. The molecule has 0 unspecified atom stereocenters. The number of hydrogen-bond donors (Lipinski definition) is 2. The largest absolute Gasteiger partial charge is 0.504 e. The summed E-state index contributed by atoms with van der Waals surface area (Å²) in [5.74, 6) is 1.30. The molecule has 1 amide bonds. The zero-order valence-electron chi connectivity index (χ0n) is 21.2. The van der Waals surface area contributed by atoms with Gasteiger partial charge in [0.1, 0.15) is 5.60 Å². The van der Waals surface area contributed by atoms with Crippen LogP contribution in [-0.2, 0) is 16.6 Å². The van der Waals surface area contributed by atoms with Gasteiger partial charge in [0.15, 0.2) is 11.5 Å². The van der Waals surface area contributed by atoms with Crippen molar-refractivity contribution in [3.05, 3.63) is 50.1 Å². The van der Waals surface area contributed by atoms with Crippen LogP contribution in [0.3, 0.4) is 0 Å². The van der Waals surface area contributed by atoms with Gasteiger partial charge in [-0.05, 0) is 97.6 Å². The number of benzene rings is 1. The fourth-order valence-electron chi connectivity index (χ4n) is 8.32. The second kappa shape index (κ2) is 8.07. The molecule has 1 saturated heterocycles. The number of carbonyl (C=O) groups is 1. The molecule has 1 spiro atoms. The normalized spacial score (nSPS) is 35.9. The van der Waals surface area contributed by atoms with Crippen molar-refractivity contribution < 1.29 is 19.7 Å². The minimum absolute atomic E-state index is 0.0203. The van der Waals surface area contributed by atoms with Crippen LogP contribution in [0, 0.1) is 5.92 Å². The molecule has 8 heteroatoms. The lowest BCUT2D eigenvalue weighted by atomic mass is 9.44. The van der Waals surface area contributed by atoms with Crippen LogP contribution in [0.5, 0.6) is 11.5 Å². The highest BCUT2D eigenvalue weighted by atomic mass is 79.9. The fourth-order valence-corrected chi connectivity index (χ4v) is 9.65. The minimum atomic E-state index is -0.972. The maximum Gasteiger partial charge on any atom is 0.246 e. The summed E-state index contributed by atoms with van der Waals surface area (Å²) >= 11 is 5.05. The number of aromatic hydroxyl groups is 1. The molecule has 37 heavy (non-hydrogen) atoms. The Morgan fingerprint density at radius 3 is 2.86 bits per heavy atom. The minimum Gasteiger partial charge on any atom is -0.504 e. The van der Waals surface area contributed by atoms with E-state index in [-0.39, 0.29) is 23.7 Å². The number of halogens is 1. The Kier molecular flexibility index (Phi) is 5.28. The second-order valence-electron chi connectivity index (χ2n) is 11.9. The Labute approximate surface area is 230 Å². The SMILES string of the molecule is CN(C(=O)/C=C/c1cc(Br)cs1)[C@@H]1CC[C@@]2(O)[C@H]3Cc4ccc(O)c5c4[C@@]2(CCN3CC2CC2)[C@@]1(C)O5. The highest BCUT2D eigenvalue weighted by Crippen LogP contribution is 2.69. The van der Waals surface area contributed by atoms with Gasteiger partial charge in [-0.15, -0.1) is 11.3 Å². The van der Waals surface area contributed by atoms with E-state index in [0.29, 0.717) is 18.6 Å². The molecule has 2 N–H and O–H groups in total. The molecule has 7 rings (SSSR count). The third kappa shape index (κ3) is 3.19. The van der Waals surface area contributed by atoms with Crippen molar-refractivity contribution in [1.82, 2.24) is 9.80 Å². The van der Waals surface area contributed by atoms with E-state index >= 15 is 0 Å². The first-order valence-corrected chi connectivity index (χ1v) is 15.0. The Balaban J connectivity index is 1.30. The summed E-state index contributed by atoms with van der Waals surface area (Å²) in [6.07, 6.45) is 8.84. The molecule has 0 radical (unpaired) electrons. The fraction of sp³-hybridized carbons (Fsp3) is 0.552. The summed E-state index contributed by atoms with van der Waals surface area (Å²) in [5.41, 5.74) is -0.342. The summed E-state index contributed by atoms with van der Waals surface area (Å²) < 4.78 is 7.79. The van der Waals surface area contributed by atoms with Gasteiger partial charge in [-0.25, -0.2) is 0 Å². The van der Waals surface area contributed by atoms with E-state index in [4.69, 9.17) is 4.74 Å². The first-order chi connectivity index (χ1) is 17.7. The monoisotopic (exact) mass is 584 g/mol. The molecular formula is C29H33BrN2O4S. The van der Waals surface area contributed by atoms with E-state index in [1.165, 1.54) is 18.4 Å². The van der Waals surface area contributed by atoms with Crippen LogP contribution in [0.2, 0.25) is 0 Å². The maximum atomic E-state index is 13.4. The van der Waals surface area contributed by atoms with Crippen LogP contribution in [0.25, 0.3) is 6.08 Å². The van der Waals surface area contributed by atoms with Gasteiger partial charge in [0.2, 0.25) is 5.91 Å². The predicted molar refractivity (Wildman–Crippen MR) is 147 cm³/mol. The van der Waals surface area contributed by atoms with Gasteiger partial charge >= 0.3 is 0 Å². The third-order valence-electron chi connectivity index (χ3n) is 10.1. The molecule has 3 fully saturated rings. The standard InChI is InChI=1S/C29H33BrN2O4S/c1-27-22(31(2)24(34)8-6-20-14-19(30)16-37-20)9-10-29(35)23-13-18-5-7-21(33)26(36-27)25(18)28(27,29)11-12-32(23)15-17-3-4-17/h5-8,14,16-17,22-23,33,35H,3-4,9-13,15H2,1-2H3/b8-6+/t22-,23-,27+,28+,29-/m1/s1. The lowest BCUT2D eigenvalue weighted by Gasteiger charge is -2.68. The van der Waals surface area contributed by atoms with E-state index in [1.807, 2.05) is 30.6 Å². The third-order valence-corrected chi connectivity index (χ3v) is 11.8. The van der Waals surface area contributed by atoms with Crippen molar-refractivity contribution in [3.8, 4) is 11.5 Å². The van der Waals surface area contributed by atoms with Gasteiger partial charge in [-0.1, -0.05) is 6.07 Å². The summed E-state index contributed by atoms with van der Waals surface area (Å²) in [6.45, 7) is 4.02. The van der Waals surface area contributed by atoms with Gasteiger partial charge in [0, 0.05) is 46.0 Å². The lowest BCUT2D eigenvalue weighted by Crippen LogP contribution is -2.82. The maximum absolute atomic E-state index is 13.4. The zero-order valence-corrected chi connectivity index (χ0v) is 23.6. The molecule has 1 aromatic heterocycles. The number of nitrogens with zero attached hydrogens (tertiary/aromatic N) is 2. The Hall–Kier alpha value is -1.87. The van der Waals surface area contributed by atoms with Crippen molar-refractivity contribution in [2.75, 3.05) is 20.1 Å². The number of thiophene rings is 1. The number of hydrogen-bond acceptors (Lipinski definition) is 6. The molecule has 5 atom stereocenters. The van der Waals surface area contributed by atoms with Crippen molar-refractivity contribution >= 4 is 39.2 Å². The molecule has 2 aromatic rings. The number of phenolic OH excluding ortho intramolecular Hbond substituents is 1. The van der Waals surface area contributed by atoms with E-state index in [2.05, 4.69) is 27.8 Å². The number of amides is 1. The average Bonchev–Trinajstić information content (AvgIpc) is 3.50. The lowest BCUT2D eigenvalue weighted by molar-refractivity contribution is -0.229. The van der Waals surface area contributed by atoms with Gasteiger partial charge in [0.05, 0.1) is 17.1 Å². The van der Waals surface area contributed by atoms with Gasteiger partial charge in [-0.2, -0.15) is 0 Å². The Bertz CT molecular complexity index is 1320. The van der Waals surface area contributed by atoms with Crippen molar-refractivity contribution in [1.29, 1.82) is 0 Å². The first kappa shape index (κ1) is 24.2. The molecular weight excluding hydrogens is 552 g/mol. The average molecular weight is 586 g/mol. The van der Waals surface area contributed by atoms with Crippen LogP contribution < -0.4 is 4.74 Å². The van der Waals surface area contributed by atoms with Crippen LogP contribution in [0.1, 0.15) is 55.0 Å². The van der Waals surface area contributed by atoms with Crippen LogP contribution in [-0.4, -0.2) is 69.3 Å². The number of carbonyl (C=O) groups excluding carboxylic acids is 1. The number of aliphatic hydroxyl groups is 1. The first-order valence-electron chi connectivity index (χ1n) is 13.4. The molecule has 2 saturated carbocycles. The number of phenols is 1. The van der Waals surface area contributed by atoms with Crippen LogP contribution in [0.4, 0.5) is 0 Å². The van der Waals surface area contributed by atoms with E-state index in [1.54, 1.807) is 28.4 Å². The molecule has 2 aliphatic heterocycles. The number of rotatable bonds is 5. The zero-order chi connectivity index (χ0) is 25.7. The second-order valence-corrected chi connectivity index (χ2v) is 13.8. The molecule has 1 aromatic carbocycles. The van der Waals surface area contributed by atoms with Crippen LogP contribution >= 0.6 is 27.3 Å². The quantitative estimate of drug-likeness (QED) is 0.498. The highest BCUT2D eigenvalue weighted by Gasteiger charge is 2.78. The summed E-state index contributed by atoms with van der Waals surface area (Å²) in [5, 5.41) is 25.7. The van der Waals surface area contributed by atoms with Crippen molar-refractivity contribution in [2.45, 2.75) is 74.1 Å². The number of likely N-dealkylation sites (N-methyl/N-ethyl adjacent to an activating group) is 1. The van der Waals surface area contributed by atoms with E-state index in [0.717, 1.165) is 46.8 Å². The molecule has 5 aliphatic rings. The van der Waals surface area contributed by atoms with E-state index < -0.39 is 16.6 Å². The number of piperidine rings is 1. The molecule has 2 bridgehead atoms.